The van der Waals surface area contributed by atoms with Crippen molar-refractivity contribution in [3.8, 4) is 6.07 Å². The van der Waals surface area contributed by atoms with Crippen LogP contribution in [0, 0.1) is 11.3 Å². The highest BCUT2D eigenvalue weighted by Gasteiger charge is 2.19. The molecule has 0 fully saturated rings. The summed E-state index contributed by atoms with van der Waals surface area (Å²) in [5.41, 5.74) is 0.192. The number of halogens is 2. The number of carbonyl (C=O) groups is 1. The third-order valence-electron chi connectivity index (χ3n) is 3.03. The van der Waals surface area contributed by atoms with Gasteiger partial charge in [-0.25, -0.2) is 0 Å². The fourth-order valence-electron chi connectivity index (χ4n) is 1.84. The monoisotopic (exact) mass is 339 g/mol. The Morgan fingerprint density at radius 2 is 2.05 bits per heavy atom. The number of rotatable bonds is 4. The maximum Gasteiger partial charge on any atom is 0.267 e. The third-order valence-corrected chi connectivity index (χ3v) is 3.59. The molecule has 4 nitrogen and oxygen atoms in total. The van der Waals surface area contributed by atoms with Crippen LogP contribution in [0.15, 0.2) is 30.0 Å². The van der Waals surface area contributed by atoms with Crippen LogP contribution in [0.3, 0.4) is 0 Å². The molecule has 0 saturated heterocycles. The normalized spacial score (nSPS) is 11.8. The van der Waals surface area contributed by atoms with Crippen molar-refractivity contribution in [2.45, 2.75) is 33.2 Å². The number of benzene rings is 1. The summed E-state index contributed by atoms with van der Waals surface area (Å²) in [4.78, 5) is 14.2. The van der Waals surface area contributed by atoms with Gasteiger partial charge in [0.05, 0.1) is 10.7 Å². The van der Waals surface area contributed by atoms with Gasteiger partial charge in [-0.15, -0.1) is 0 Å². The molecule has 0 saturated carbocycles. The van der Waals surface area contributed by atoms with E-state index in [1.165, 1.54) is 6.07 Å². The van der Waals surface area contributed by atoms with E-state index in [4.69, 9.17) is 23.2 Å². The molecule has 0 heterocycles. The highest BCUT2D eigenvalue weighted by atomic mass is 35.5. The Morgan fingerprint density at radius 1 is 1.41 bits per heavy atom. The predicted molar refractivity (Wildman–Crippen MR) is 90.9 cm³/mol. The quantitative estimate of drug-likeness (QED) is 0.650. The first kappa shape index (κ1) is 18.3. The number of hydrogen-bond donors (Lipinski definition) is 1. The molecule has 1 rings (SSSR count). The second-order valence-corrected chi connectivity index (χ2v) is 6.53. The average Bonchev–Trinajstić information content (AvgIpc) is 2.42. The Balaban J connectivity index is 3.03. The van der Waals surface area contributed by atoms with Crippen molar-refractivity contribution >= 4 is 34.8 Å². The van der Waals surface area contributed by atoms with Crippen molar-refractivity contribution in [3.05, 3.63) is 40.0 Å². The van der Waals surface area contributed by atoms with E-state index in [2.05, 4.69) is 5.32 Å². The molecule has 0 bridgehead atoms. The molecule has 1 aromatic carbocycles. The SMILES string of the molecule is CCN(/C=C(/C#N)C(=O)Nc1cc(Cl)ccc1Cl)C(C)(C)C. The van der Waals surface area contributed by atoms with Crippen molar-refractivity contribution in [3.63, 3.8) is 0 Å². The fraction of sp³-hybridized carbons (Fsp3) is 0.375. The third kappa shape index (κ3) is 4.94. The smallest absolute Gasteiger partial charge is 0.267 e. The van der Waals surface area contributed by atoms with E-state index in [1.807, 2.05) is 38.7 Å². The maximum absolute atomic E-state index is 12.3. The van der Waals surface area contributed by atoms with E-state index in [1.54, 1.807) is 18.3 Å². The van der Waals surface area contributed by atoms with Crippen LogP contribution in [0.1, 0.15) is 27.7 Å². The van der Waals surface area contributed by atoms with Gasteiger partial charge in [0.15, 0.2) is 0 Å². The lowest BCUT2D eigenvalue weighted by Crippen LogP contribution is -2.37. The molecule has 0 radical (unpaired) electrons. The van der Waals surface area contributed by atoms with E-state index in [9.17, 15) is 10.1 Å². The zero-order valence-electron chi connectivity index (χ0n) is 13.1. The summed E-state index contributed by atoms with van der Waals surface area (Å²) in [6.45, 7) is 8.66. The van der Waals surface area contributed by atoms with Gasteiger partial charge in [0.25, 0.3) is 5.91 Å². The van der Waals surface area contributed by atoms with Crippen LogP contribution in [0.4, 0.5) is 5.69 Å². The summed E-state index contributed by atoms with van der Waals surface area (Å²) < 4.78 is 0. The van der Waals surface area contributed by atoms with Crippen molar-refractivity contribution < 1.29 is 4.79 Å². The van der Waals surface area contributed by atoms with E-state index in [-0.39, 0.29) is 11.1 Å². The van der Waals surface area contributed by atoms with Crippen molar-refractivity contribution in [2.75, 3.05) is 11.9 Å². The summed E-state index contributed by atoms with van der Waals surface area (Å²) in [7, 11) is 0. The second-order valence-electron chi connectivity index (χ2n) is 5.69. The first-order valence-electron chi connectivity index (χ1n) is 6.84. The second kappa shape index (κ2) is 7.53. The topological polar surface area (TPSA) is 56.1 Å². The maximum atomic E-state index is 12.3. The molecular formula is C16H19Cl2N3O. The standard InChI is InChI=1S/C16H19Cl2N3O/c1-5-21(16(2,3)4)10-11(9-19)15(22)20-14-8-12(17)6-7-13(14)18/h6-8,10H,5H2,1-4H3,(H,20,22)/b11-10-. The van der Waals surface area contributed by atoms with E-state index >= 15 is 0 Å². The molecule has 0 aromatic heterocycles. The molecule has 0 unspecified atom stereocenters. The minimum absolute atomic E-state index is 0.00724. The zero-order valence-corrected chi connectivity index (χ0v) is 14.6. The number of hydrogen-bond acceptors (Lipinski definition) is 3. The predicted octanol–water partition coefficient (Wildman–Crippen LogP) is 4.46. The Morgan fingerprint density at radius 3 is 2.55 bits per heavy atom. The van der Waals surface area contributed by atoms with Crippen LogP contribution in [0.2, 0.25) is 10.0 Å². The molecule has 1 amide bonds. The molecular weight excluding hydrogens is 321 g/mol. The number of anilines is 1. The minimum atomic E-state index is -0.519. The molecule has 22 heavy (non-hydrogen) atoms. The summed E-state index contributed by atoms with van der Waals surface area (Å²) in [6.07, 6.45) is 1.56. The Bertz CT molecular complexity index is 627. The summed E-state index contributed by atoms with van der Waals surface area (Å²) in [5, 5.41) is 12.7. The molecule has 0 atom stereocenters. The van der Waals surface area contributed by atoms with Gasteiger partial charge in [-0.1, -0.05) is 23.2 Å². The van der Waals surface area contributed by atoms with Crippen LogP contribution in [0.5, 0.6) is 0 Å². The van der Waals surface area contributed by atoms with Gasteiger partial charge in [0.1, 0.15) is 11.6 Å². The van der Waals surface area contributed by atoms with Crippen LogP contribution in [0.25, 0.3) is 0 Å². The molecule has 0 aliphatic heterocycles. The van der Waals surface area contributed by atoms with E-state index < -0.39 is 5.91 Å². The molecule has 0 spiro atoms. The Labute approximate surface area is 141 Å². The van der Waals surface area contributed by atoms with Crippen LogP contribution in [-0.2, 0) is 4.79 Å². The van der Waals surface area contributed by atoms with Crippen molar-refractivity contribution in [1.29, 1.82) is 5.26 Å². The molecule has 6 heteroatoms. The Hall–Kier alpha value is -1.70. The Kier molecular flexibility index (Phi) is 6.28. The molecule has 0 aliphatic rings. The number of nitriles is 1. The number of carbonyl (C=O) groups excluding carboxylic acids is 1. The summed E-state index contributed by atoms with van der Waals surface area (Å²) in [6, 6.07) is 6.67. The van der Waals surface area contributed by atoms with Gasteiger partial charge in [0.2, 0.25) is 0 Å². The minimum Gasteiger partial charge on any atom is -0.372 e. The van der Waals surface area contributed by atoms with E-state index in [0.717, 1.165) is 0 Å². The first-order valence-corrected chi connectivity index (χ1v) is 7.59. The van der Waals surface area contributed by atoms with Crippen LogP contribution < -0.4 is 5.32 Å². The molecule has 0 aliphatic carbocycles. The van der Waals surface area contributed by atoms with Gasteiger partial charge in [-0.2, -0.15) is 5.26 Å². The number of nitrogens with one attached hydrogen (secondary N) is 1. The largest absolute Gasteiger partial charge is 0.372 e. The lowest BCUT2D eigenvalue weighted by Gasteiger charge is -2.33. The number of nitrogens with zero attached hydrogens (tertiary/aromatic N) is 2. The van der Waals surface area contributed by atoms with Crippen LogP contribution in [-0.4, -0.2) is 22.9 Å². The highest BCUT2D eigenvalue weighted by molar-refractivity contribution is 6.35. The lowest BCUT2D eigenvalue weighted by molar-refractivity contribution is -0.112. The van der Waals surface area contributed by atoms with E-state index in [0.29, 0.717) is 22.3 Å². The van der Waals surface area contributed by atoms with Gasteiger partial charge in [0, 0.05) is 23.3 Å². The zero-order chi connectivity index (χ0) is 16.9. The highest BCUT2D eigenvalue weighted by Crippen LogP contribution is 2.26. The molecule has 118 valence electrons. The van der Waals surface area contributed by atoms with Gasteiger partial charge in [-0.05, 0) is 45.9 Å². The summed E-state index contributed by atoms with van der Waals surface area (Å²) >= 11 is 11.9. The van der Waals surface area contributed by atoms with Crippen molar-refractivity contribution in [2.24, 2.45) is 0 Å². The molecule has 1 N–H and O–H groups in total. The first-order chi connectivity index (χ1) is 10.2. The van der Waals surface area contributed by atoms with Gasteiger partial charge in [-0.3, -0.25) is 4.79 Å². The van der Waals surface area contributed by atoms with Gasteiger partial charge >= 0.3 is 0 Å². The fourth-order valence-corrected chi connectivity index (χ4v) is 2.17. The molecule has 1 aromatic rings. The van der Waals surface area contributed by atoms with Crippen molar-refractivity contribution in [1.82, 2.24) is 4.90 Å². The lowest BCUT2D eigenvalue weighted by atomic mass is 10.1. The number of amides is 1. The summed E-state index contributed by atoms with van der Waals surface area (Å²) in [5.74, 6) is -0.519. The van der Waals surface area contributed by atoms with Gasteiger partial charge < -0.3 is 10.2 Å². The van der Waals surface area contributed by atoms with Crippen LogP contribution >= 0.6 is 23.2 Å². The average molecular weight is 340 g/mol.